The molecule has 0 atom stereocenters. The van der Waals surface area contributed by atoms with Crippen LogP contribution in [0, 0.1) is 0 Å². The molecule has 5 nitrogen and oxygen atoms in total. The Morgan fingerprint density at radius 1 is 1.45 bits per heavy atom. The molecule has 20 heavy (non-hydrogen) atoms. The van der Waals surface area contributed by atoms with Crippen molar-refractivity contribution in [3.63, 3.8) is 0 Å². The van der Waals surface area contributed by atoms with E-state index in [1.807, 2.05) is 28.3 Å². The van der Waals surface area contributed by atoms with Gasteiger partial charge < -0.3 is 10.3 Å². The molecule has 0 aliphatic rings. The Bertz CT molecular complexity index is 638. The molecule has 0 amide bonds. The molecule has 2 aromatic heterocycles. The second-order valence-corrected chi connectivity index (χ2v) is 7.37. The molecule has 0 aromatic carbocycles. The van der Waals surface area contributed by atoms with Gasteiger partial charge in [0.25, 0.3) is 0 Å². The molecule has 0 aliphatic heterocycles. The van der Waals surface area contributed by atoms with Gasteiger partial charge in [0.2, 0.25) is 10.0 Å². The average molecular weight is 313 g/mol. The third-order valence-corrected chi connectivity index (χ3v) is 5.70. The van der Waals surface area contributed by atoms with Gasteiger partial charge in [-0.3, -0.25) is 0 Å². The molecular formula is C13H19N3O2S2. The minimum atomic E-state index is -3.48. The standard InChI is InChI=1S/C13H19N3O2S2/c1-3-16-9-13(6-12(16)7-14)20(17,18)15(2)8-11-4-5-19-10-11/h4-6,9-10H,3,7-8,14H2,1-2H3. The molecule has 0 aliphatic carbocycles. The van der Waals surface area contributed by atoms with Crippen LogP contribution in [0.25, 0.3) is 0 Å². The summed E-state index contributed by atoms with van der Waals surface area (Å²) in [4.78, 5) is 0.303. The van der Waals surface area contributed by atoms with Gasteiger partial charge in [-0.1, -0.05) is 0 Å². The molecular weight excluding hydrogens is 294 g/mol. The van der Waals surface area contributed by atoms with Gasteiger partial charge in [-0.25, -0.2) is 8.42 Å². The Morgan fingerprint density at radius 3 is 2.70 bits per heavy atom. The monoisotopic (exact) mass is 313 g/mol. The second kappa shape index (κ2) is 6.09. The molecule has 0 unspecified atom stereocenters. The van der Waals surface area contributed by atoms with Gasteiger partial charge in [0.15, 0.2) is 0 Å². The number of hydrogen-bond donors (Lipinski definition) is 1. The lowest BCUT2D eigenvalue weighted by atomic mass is 10.3. The Morgan fingerprint density at radius 2 is 2.20 bits per heavy atom. The molecule has 0 saturated heterocycles. The lowest BCUT2D eigenvalue weighted by Gasteiger charge is -2.15. The summed E-state index contributed by atoms with van der Waals surface area (Å²) in [6.07, 6.45) is 1.65. The lowest BCUT2D eigenvalue weighted by molar-refractivity contribution is 0.467. The van der Waals surface area contributed by atoms with Gasteiger partial charge >= 0.3 is 0 Å². The van der Waals surface area contributed by atoms with E-state index in [0.717, 1.165) is 11.3 Å². The molecule has 0 saturated carbocycles. The third-order valence-electron chi connectivity index (χ3n) is 3.20. The predicted molar refractivity (Wildman–Crippen MR) is 81.0 cm³/mol. The van der Waals surface area contributed by atoms with E-state index in [2.05, 4.69) is 0 Å². The zero-order chi connectivity index (χ0) is 14.8. The number of hydrogen-bond acceptors (Lipinski definition) is 4. The smallest absolute Gasteiger partial charge is 0.244 e. The SMILES string of the molecule is CCn1cc(S(=O)(=O)N(C)Cc2ccsc2)cc1CN. The van der Waals surface area contributed by atoms with E-state index in [1.54, 1.807) is 30.6 Å². The zero-order valence-corrected chi connectivity index (χ0v) is 13.2. The quantitative estimate of drug-likeness (QED) is 0.885. The minimum Gasteiger partial charge on any atom is -0.349 e. The molecule has 2 rings (SSSR count). The first kappa shape index (κ1) is 15.2. The summed E-state index contributed by atoms with van der Waals surface area (Å²) in [5.74, 6) is 0. The van der Waals surface area contributed by atoms with Crippen LogP contribution in [-0.2, 0) is 29.7 Å². The summed E-state index contributed by atoms with van der Waals surface area (Å²) < 4.78 is 28.3. The first-order chi connectivity index (χ1) is 9.48. The summed E-state index contributed by atoms with van der Waals surface area (Å²) in [7, 11) is -1.88. The van der Waals surface area contributed by atoms with Crippen molar-refractivity contribution in [1.29, 1.82) is 0 Å². The summed E-state index contributed by atoms with van der Waals surface area (Å²) in [5, 5.41) is 3.89. The number of sulfonamides is 1. The lowest BCUT2D eigenvalue weighted by Crippen LogP contribution is -2.26. The van der Waals surface area contributed by atoms with Gasteiger partial charge in [-0.15, -0.1) is 0 Å². The van der Waals surface area contributed by atoms with E-state index in [9.17, 15) is 8.42 Å². The highest BCUT2D eigenvalue weighted by Crippen LogP contribution is 2.20. The minimum absolute atomic E-state index is 0.303. The van der Waals surface area contributed by atoms with Crippen molar-refractivity contribution in [2.75, 3.05) is 7.05 Å². The highest BCUT2D eigenvalue weighted by atomic mass is 32.2. The van der Waals surface area contributed by atoms with E-state index in [1.165, 1.54) is 4.31 Å². The van der Waals surface area contributed by atoms with Crippen molar-refractivity contribution in [3.05, 3.63) is 40.3 Å². The fourth-order valence-electron chi connectivity index (χ4n) is 2.04. The van der Waals surface area contributed by atoms with E-state index in [-0.39, 0.29) is 0 Å². The van der Waals surface area contributed by atoms with Gasteiger partial charge in [0.1, 0.15) is 4.90 Å². The largest absolute Gasteiger partial charge is 0.349 e. The Hall–Kier alpha value is -1.15. The highest BCUT2D eigenvalue weighted by Gasteiger charge is 2.23. The van der Waals surface area contributed by atoms with Crippen LogP contribution < -0.4 is 5.73 Å². The molecule has 2 heterocycles. The van der Waals surface area contributed by atoms with Crippen LogP contribution in [0.5, 0.6) is 0 Å². The second-order valence-electron chi connectivity index (χ2n) is 4.55. The fraction of sp³-hybridized carbons (Fsp3) is 0.385. The number of aromatic nitrogens is 1. The number of aryl methyl sites for hydroxylation is 1. The van der Waals surface area contributed by atoms with E-state index in [4.69, 9.17) is 5.73 Å². The van der Waals surface area contributed by atoms with E-state index < -0.39 is 10.0 Å². The maximum absolute atomic E-state index is 12.5. The van der Waals surface area contributed by atoms with Crippen molar-refractivity contribution in [3.8, 4) is 0 Å². The van der Waals surface area contributed by atoms with Crippen molar-refractivity contribution in [2.45, 2.75) is 31.5 Å². The Labute approximate surface area is 123 Å². The van der Waals surface area contributed by atoms with Crippen LogP contribution in [0.3, 0.4) is 0 Å². The van der Waals surface area contributed by atoms with Crippen LogP contribution in [-0.4, -0.2) is 24.3 Å². The third kappa shape index (κ3) is 2.95. The Kier molecular flexibility index (Phi) is 4.64. The van der Waals surface area contributed by atoms with E-state index in [0.29, 0.717) is 24.5 Å². The van der Waals surface area contributed by atoms with Gasteiger partial charge in [0.05, 0.1) is 0 Å². The predicted octanol–water partition coefficient (Wildman–Crippen LogP) is 1.85. The van der Waals surface area contributed by atoms with Crippen molar-refractivity contribution >= 4 is 21.4 Å². The molecule has 7 heteroatoms. The molecule has 2 aromatic rings. The maximum atomic E-state index is 12.5. The molecule has 110 valence electrons. The maximum Gasteiger partial charge on any atom is 0.244 e. The molecule has 0 bridgehead atoms. The van der Waals surface area contributed by atoms with Gasteiger partial charge in [-0.2, -0.15) is 15.6 Å². The average Bonchev–Trinajstić information content (AvgIpc) is 3.06. The molecule has 2 N–H and O–H groups in total. The first-order valence-electron chi connectivity index (χ1n) is 6.35. The van der Waals surface area contributed by atoms with E-state index >= 15 is 0 Å². The van der Waals surface area contributed by atoms with Crippen LogP contribution in [0.15, 0.2) is 34.0 Å². The number of nitrogens with zero attached hydrogens (tertiary/aromatic N) is 2. The summed E-state index contributed by atoms with van der Waals surface area (Å²) in [6, 6.07) is 3.59. The fourth-order valence-corrected chi connectivity index (χ4v) is 3.92. The summed E-state index contributed by atoms with van der Waals surface area (Å²) in [6.45, 7) is 3.37. The molecule has 0 radical (unpaired) electrons. The summed E-state index contributed by atoms with van der Waals surface area (Å²) >= 11 is 1.56. The van der Waals surface area contributed by atoms with Crippen molar-refractivity contribution in [2.24, 2.45) is 5.73 Å². The van der Waals surface area contributed by atoms with Crippen LogP contribution in [0.2, 0.25) is 0 Å². The number of thiophene rings is 1. The van der Waals surface area contributed by atoms with Crippen LogP contribution in [0.1, 0.15) is 18.2 Å². The summed E-state index contributed by atoms with van der Waals surface area (Å²) in [5.41, 5.74) is 7.46. The topological polar surface area (TPSA) is 68.3 Å². The van der Waals surface area contributed by atoms with Gasteiger partial charge in [0, 0.05) is 38.6 Å². The number of nitrogens with two attached hydrogens (primary N) is 1. The van der Waals surface area contributed by atoms with Crippen LogP contribution >= 0.6 is 11.3 Å². The first-order valence-corrected chi connectivity index (χ1v) is 8.73. The normalized spacial score (nSPS) is 12.2. The van der Waals surface area contributed by atoms with Crippen LogP contribution in [0.4, 0.5) is 0 Å². The van der Waals surface area contributed by atoms with Gasteiger partial charge in [-0.05, 0) is 35.4 Å². The van der Waals surface area contributed by atoms with Crippen molar-refractivity contribution < 1.29 is 8.42 Å². The van der Waals surface area contributed by atoms with Crippen molar-refractivity contribution in [1.82, 2.24) is 8.87 Å². The number of rotatable bonds is 6. The molecule has 0 fully saturated rings. The molecule has 0 spiro atoms. The highest BCUT2D eigenvalue weighted by molar-refractivity contribution is 7.89. The zero-order valence-electron chi connectivity index (χ0n) is 11.6. The Balaban J connectivity index is 2.27.